The summed E-state index contributed by atoms with van der Waals surface area (Å²) in [6.07, 6.45) is 0.845. The van der Waals surface area contributed by atoms with Crippen LogP contribution in [0.3, 0.4) is 0 Å². The number of carbonyl (C=O) groups excluding carboxylic acids is 3. The summed E-state index contributed by atoms with van der Waals surface area (Å²) in [4.78, 5) is 42.2. The second-order valence-electron chi connectivity index (χ2n) is 9.02. The first-order chi connectivity index (χ1) is 16.7. The van der Waals surface area contributed by atoms with E-state index in [9.17, 15) is 18.8 Å². The van der Waals surface area contributed by atoms with Crippen LogP contribution in [0.2, 0.25) is 0 Å². The van der Waals surface area contributed by atoms with E-state index in [1.807, 2.05) is 25.7 Å². The van der Waals surface area contributed by atoms with Crippen molar-refractivity contribution in [1.29, 1.82) is 0 Å². The molecular formula is C27H28FN3O3S. The Labute approximate surface area is 208 Å². The zero-order valence-corrected chi connectivity index (χ0v) is 20.7. The number of hydrogen-bond acceptors (Lipinski definition) is 4. The lowest BCUT2D eigenvalue weighted by Gasteiger charge is -2.28. The molecule has 0 fully saturated rings. The van der Waals surface area contributed by atoms with E-state index < -0.39 is 17.8 Å². The summed E-state index contributed by atoms with van der Waals surface area (Å²) in [5.74, 6) is -1.55. The van der Waals surface area contributed by atoms with Gasteiger partial charge in [0.05, 0.1) is 0 Å². The minimum Gasteiger partial charge on any atom is -0.340 e. The Hall–Kier alpha value is -3.52. The molecule has 2 N–H and O–H groups in total. The van der Waals surface area contributed by atoms with Crippen molar-refractivity contribution >= 4 is 34.7 Å². The van der Waals surface area contributed by atoms with Crippen molar-refractivity contribution in [3.8, 4) is 0 Å². The molecule has 0 spiro atoms. The van der Waals surface area contributed by atoms with Gasteiger partial charge in [0.15, 0.2) is 0 Å². The maximum Gasteiger partial charge on any atom is 0.254 e. The highest BCUT2D eigenvalue weighted by Gasteiger charge is 2.27. The van der Waals surface area contributed by atoms with Crippen LogP contribution in [0.1, 0.15) is 50.6 Å². The van der Waals surface area contributed by atoms with E-state index in [4.69, 9.17) is 0 Å². The van der Waals surface area contributed by atoms with Gasteiger partial charge in [-0.1, -0.05) is 19.9 Å². The van der Waals surface area contributed by atoms with Gasteiger partial charge in [0.1, 0.15) is 11.9 Å². The van der Waals surface area contributed by atoms with E-state index in [2.05, 4.69) is 22.1 Å². The van der Waals surface area contributed by atoms with Gasteiger partial charge in [0, 0.05) is 34.8 Å². The van der Waals surface area contributed by atoms with E-state index in [0.29, 0.717) is 29.9 Å². The van der Waals surface area contributed by atoms with Crippen LogP contribution in [0.15, 0.2) is 53.9 Å². The van der Waals surface area contributed by atoms with Crippen LogP contribution in [-0.4, -0.2) is 35.2 Å². The van der Waals surface area contributed by atoms with E-state index in [1.165, 1.54) is 34.7 Å². The summed E-state index contributed by atoms with van der Waals surface area (Å²) in [7, 11) is 0. The highest BCUT2D eigenvalue weighted by molar-refractivity contribution is 7.10. The Kier molecular flexibility index (Phi) is 7.31. The fraction of sp³-hybridized carbons (Fsp3) is 0.296. The maximum atomic E-state index is 13.3. The monoisotopic (exact) mass is 493 g/mol. The standard InChI is InChI=1S/C27H28FN3O3S/c1-16(2)24(30-25(32)18-7-9-20(28)10-8-18)26(33)29-22-6-4-5-21(17(22)3)27(34)31-13-11-23-19(15-31)12-14-35-23/h4-10,12,14,16,24H,11,13,15H2,1-3H3,(H,29,33)(H,30,32). The molecular weight excluding hydrogens is 465 g/mol. The van der Waals surface area contributed by atoms with E-state index in [-0.39, 0.29) is 23.3 Å². The molecule has 182 valence electrons. The summed E-state index contributed by atoms with van der Waals surface area (Å²) >= 11 is 1.72. The van der Waals surface area contributed by atoms with Crippen LogP contribution in [0.4, 0.5) is 10.1 Å². The number of thiophene rings is 1. The number of hydrogen-bond donors (Lipinski definition) is 2. The first-order valence-electron chi connectivity index (χ1n) is 11.6. The van der Waals surface area contributed by atoms with Crippen LogP contribution in [-0.2, 0) is 17.8 Å². The lowest BCUT2D eigenvalue weighted by Crippen LogP contribution is -2.47. The Balaban J connectivity index is 1.48. The van der Waals surface area contributed by atoms with Crippen LogP contribution < -0.4 is 10.6 Å². The summed E-state index contributed by atoms with van der Waals surface area (Å²) in [6, 6.07) is 11.7. The number of benzene rings is 2. The van der Waals surface area contributed by atoms with Gasteiger partial charge < -0.3 is 15.5 Å². The van der Waals surface area contributed by atoms with Crippen LogP contribution in [0.25, 0.3) is 0 Å². The molecule has 6 nitrogen and oxygen atoms in total. The lowest BCUT2D eigenvalue weighted by atomic mass is 10.0. The van der Waals surface area contributed by atoms with Crippen molar-refractivity contribution in [2.45, 2.75) is 39.8 Å². The summed E-state index contributed by atoms with van der Waals surface area (Å²) in [5, 5.41) is 7.68. The summed E-state index contributed by atoms with van der Waals surface area (Å²) in [6.45, 7) is 6.71. The Morgan fingerprint density at radius 2 is 1.80 bits per heavy atom. The van der Waals surface area contributed by atoms with Gasteiger partial charge in [-0.15, -0.1) is 11.3 Å². The van der Waals surface area contributed by atoms with Crippen LogP contribution >= 0.6 is 11.3 Å². The van der Waals surface area contributed by atoms with E-state index in [0.717, 1.165) is 6.42 Å². The average Bonchev–Trinajstić information content (AvgIpc) is 3.31. The average molecular weight is 494 g/mol. The fourth-order valence-corrected chi connectivity index (χ4v) is 5.06. The molecule has 1 aromatic heterocycles. The van der Waals surface area contributed by atoms with E-state index in [1.54, 1.807) is 29.5 Å². The largest absolute Gasteiger partial charge is 0.340 e. The molecule has 2 heterocycles. The summed E-state index contributed by atoms with van der Waals surface area (Å²) in [5.41, 5.74) is 3.19. The third-order valence-electron chi connectivity index (χ3n) is 6.26. The third kappa shape index (κ3) is 5.43. The Morgan fingerprint density at radius 1 is 1.06 bits per heavy atom. The predicted octanol–water partition coefficient (Wildman–Crippen LogP) is 4.79. The molecule has 2 aromatic carbocycles. The predicted molar refractivity (Wildman–Crippen MR) is 135 cm³/mol. The van der Waals surface area contributed by atoms with Gasteiger partial charge in [0.25, 0.3) is 11.8 Å². The number of anilines is 1. The zero-order chi connectivity index (χ0) is 25.1. The molecule has 3 amide bonds. The fourth-order valence-electron chi connectivity index (χ4n) is 4.17. The van der Waals surface area contributed by atoms with Gasteiger partial charge in [-0.3, -0.25) is 14.4 Å². The number of nitrogens with zero attached hydrogens (tertiary/aromatic N) is 1. The van der Waals surface area contributed by atoms with Crippen LogP contribution in [0, 0.1) is 18.7 Å². The number of carbonyl (C=O) groups is 3. The van der Waals surface area contributed by atoms with Crippen molar-refractivity contribution < 1.29 is 18.8 Å². The van der Waals surface area contributed by atoms with Gasteiger partial charge in [-0.05, 0) is 78.2 Å². The highest BCUT2D eigenvalue weighted by atomic mass is 32.1. The first-order valence-corrected chi connectivity index (χ1v) is 12.4. The van der Waals surface area contributed by atoms with Crippen molar-refractivity contribution in [3.05, 3.63) is 86.9 Å². The molecule has 35 heavy (non-hydrogen) atoms. The lowest BCUT2D eigenvalue weighted by molar-refractivity contribution is -0.118. The number of amides is 3. The van der Waals surface area contributed by atoms with Gasteiger partial charge >= 0.3 is 0 Å². The minimum absolute atomic E-state index is 0.0690. The molecule has 1 aliphatic rings. The molecule has 4 rings (SSSR count). The molecule has 3 aromatic rings. The number of fused-ring (bicyclic) bond motifs is 1. The number of nitrogens with one attached hydrogen (secondary N) is 2. The van der Waals surface area contributed by atoms with Crippen molar-refractivity contribution in [1.82, 2.24) is 10.2 Å². The molecule has 1 unspecified atom stereocenters. The first kappa shape index (κ1) is 24.6. The maximum absolute atomic E-state index is 13.3. The van der Waals surface area contributed by atoms with Crippen molar-refractivity contribution in [3.63, 3.8) is 0 Å². The SMILES string of the molecule is Cc1c(NC(=O)C(NC(=O)c2ccc(F)cc2)C(C)C)cccc1C(=O)N1CCc2sccc2C1. The Morgan fingerprint density at radius 3 is 2.51 bits per heavy atom. The molecule has 8 heteroatoms. The van der Waals surface area contributed by atoms with Crippen molar-refractivity contribution in [2.75, 3.05) is 11.9 Å². The second-order valence-corrected chi connectivity index (χ2v) is 10.0. The molecule has 0 radical (unpaired) electrons. The number of halogens is 1. The summed E-state index contributed by atoms with van der Waals surface area (Å²) < 4.78 is 13.2. The highest BCUT2D eigenvalue weighted by Crippen LogP contribution is 2.27. The van der Waals surface area contributed by atoms with E-state index >= 15 is 0 Å². The Bertz CT molecular complexity index is 1250. The third-order valence-corrected chi connectivity index (χ3v) is 7.28. The normalized spacial score (nSPS) is 13.8. The quantitative estimate of drug-likeness (QED) is 0.518. The van der Waals surface area contributed by atoms with Crippen molar-refractivity contribution in [2.24, 2.45) is 5.92 Å². The smallest absolute Gasteiger partial charge is 0.254 e. The number of rotatable bonds is 6. The molecule has 0 aliphatic carbocycles. The molecule has 0 saturated heterocycles. The van der Waals surface area contributed by atoms with Gasteiger partial charge in [0.2, 0.25) is 5.91 Å². The molecule has 1 aliphatic heterocycles. The van der Waals surface area contributed by atoms with Crippen LogP contribution in [0.5, 0.6) is 0 Å². The topological polar surface area (TPSA) is 78.5 Å². The van der Waals surface area contributed by atoms with Gasteiger partial charge in [-0.25, -0.2) is 4.39 Å². The second kappa shape index (κ2) is 10.4. The minimum atomic E-state index is -0.814. The zero-order valence-electron chi connectivity index (χ0n) is 19.9. The van der Waals surface area contributed by atoms with Gasteiger partial charge in [-0.2, -0.15) is 0 Å². The molecule has 0 bridgehead atoms. The molecule has 1 atom stereocenters. The molecule has 0 saturated carbocycles.